The molecule has 6 nitrogen and oxygen atoms in total. The molecule has 0 aliphatic rings. The fraction of sp³-hybridized carbons (Fsp3) is 0.435. The van der Waals surface area contributed by atoms with Gasteiger partial charge >= 0.3 is 0 Å². The molecule has 0 saturated carbocycles. The summed E-state index contributed by atoms with van der Waals surface area (Å²) in [7, 11) is -1.14. The highest BCUT2D eigenvalue weighted by Gasteiger charge is 2.11. The highest BCUT2D eigenvalue weighted by atomic mass is 127. The van der Waals surface area contributed by atoms with Gasteiger partial charge in [-0.1, -0.05) is 37.3 Å². The number of rotatable bonds is 10. The Labute approximate surface area is 208 Å². The number of nitrogens with one attached hydrogen (secondary N) is 2. The number of guanidine groups is 1. The van der Waals surface area contributed by atoms with Gasteiger partial charge in [0.05, 0.1) is 12.3 Å². The molecule has 32 heavy (non-hydrogen) atoms. The maximum absolute atomic E-state index is 13.7. The van der Waals surface area contributed by atoms with Crippen molar-refractivity contribution in [2.45, 2.75) is 39.2 Å². The van der Waals surface area contributed by atoms with Crippen LogP contribution in [0.3, 0.4) is 0 Å². The summed E-state index contributed by atoms with van der Waals surface area (Å²) in [6, 6.07) is 12.5. The van der Waals surface area contributed by atoms with Crippen LogP contribution >= 0.6 is 24.0 Å². The first-order chi connectivity index (χ1) is 14.7. The Bertz CT molecular complexity index is 999. The summed E-state index contributed by atoms with van der Waals surface area (Å²) < 4.78 is 37.1. The summed E-state index contributed by atoms with van der Waals surface area (Å²) >= 11 is 0. The molecule has 9 heteroatoms. The van der Waals surface area contributed by atoms with Crippen LogP contribution in [0.15, 0.2) is 47.5 Å². The van der Waals surface area contributed by atoms with E-state index in [1.54, 1.807) is 0 Å². The summed E-state index contributed by atoms with van der Waals surface area (Å²) in [6.07, 6.45) is 1.17. The minimum Gasteiger partial charge on any atom is -0.357 e. The van der Waals surface area contributed by atoms with Gasteiger partial charge in [0, 0.05) is 25.9 Å². The quantitative estimate of drug-likeness (QED) is 0.257. The average molecular weight is 577 g/mol. The molecule has 0 aliphatic carbocycles. The third kappa shape index (κ3) is 10.3. The SMILES string of the molecule is CCNC(=NCc1cccc(CN(C)CC)c1)NCc1cc(F)ccc1CS(C)(=O)=O.I. The van der Waals surface area contributed by atoms with Gasteiger partial charge in [0.1, 0.15) is 5.82 Å². The lowest BCUT2D eigenvalue weighted by molar-refractivity contribution is 0.345. The molecule has 2 aromatic rings. The van der Waals surface area contributed by atoms with Crippen molar-refractivity contribution >= 4 is 39.8 Å². The van der Waals surface area contributed by atoms with Crippen molar-refractivity contribution in [2.24, 2.45) is 4.99 Å². The van der Waals surface area contributed by atoms with Crippen molar-refractivity contribution in [3.63, 3.8) is 0 Å². The Kier molecular flexibility index (Phi) is 12.2. The average Bonchev–Trinajstić information content (AvgIpc) is 2.71. The van der Waals surface area contributed by atoms with E-state index in [4.69, 9.17) is 0 Å². The lowest BCUT2D eigenvalue weighted by Gasteiger charge is -2.15. The summed E-state index contributed by atoms with van der Waals surface area (Å²) in [5.41, 5.74) is 3.52. The molecule has 0 unspecified atom stereocenters. The van der Waals surface area contributed by atoms with E-state index in [1.807, 2.05) is 19.1 Å². The number of aliphatic imine (C=N–C) groups is 1. The maximum Gasteiger partial charge on any atom is 0.191 e. The smallest absolute Gasteiger partial charge is 0.191 e. The number of hydrogen-bond acceptors (Lipinski definition) is 4. The Balaban J connectivity index is 0.00000512. The van der Waals surface area contributed by atoms with E-state index >= 15 is 0 Å². The van der Waals surface area contributed by atoms with Crippen LogP contribution in [-0.2, 0) is 35.2 Å². The van der Waals surface area contributed by atoms with Gasteiger partial charge in [0.25, 0.3) is 0 Å². The molecule has 0 spiro atoms. The molecular weight excluding hydrogens is 542 g/mol. The van der Waals surface area contributed by atoms with Crippen LogP contribution in [-0.4, -0.2) is 45.7 Å². The van der Waals surface area contributed by atoms with Gasteiger partial charge in [0.2, 0.25) is 0 Å². The van der Waals surface area contributed by atoms with Crippen molar-refractivity contribution in [3.8, 4) is 0 Å². The molecule has 0 fully saturated rings. The molecular formula is C23H34FIN4O2S. The highest BCUT2D eigenvalue weighted by molar-refractivity contribution is 14.0. The minimum atomic E-state index is -3.22. The monoisotopic (exact) mass is 576 g/mol. The van der Waals surface area contributed by atoms with E-state index in [1.165, 1.54) is 30.0 Å². The predicted molar refractivity (Wildman–Crippen MR) is 140 cm³/mol. The van der Waals surface area contributed by atoms with Gasteiger partial charge in [-0.05, 0) is 54.9 Å². The zero-order valence-corrected chi connectivity index (χ0v) is 22.3. The molecule has 0 saturated heterocycles. The Hall–Kier alpha value is -1.72. The van der Waals surface area contributed by atoms with Gasteiger partial charge in [-0.3, -0.25) is 0 Å². The third-order valence-electron chi connectivity index (χ3n) is 4.78. The first-order valence-electron chi connectivity index (χ1n) is 10.4. The second-order valence-electron chi connectivity index (χ2n) is 7.68. The van der Waals surface area contributed by atoms with Crippen LogP contribution in [0.5, 0.6) is 0 Å². The van der Waals surface area contributed by atoms with Gasteiger partial charge < -0.3 is 15.5 Å². The molecule has 0 amide bonds. The lowest BCUT2D eigenvalue weighted by Crippen LogP contribution is -2.37. The highest BCUT2D eigenvalue weighted by Crippen LogP contribution is 2.14. The van der Waals surface area contributed by atoms with E-state index in [-0.39, 0.29) is 36.3 Å². The zero-order chi connectivity index (χ0) is 22.9. The lowest BCUT2D eigenvalue weighted by atomic mass is 10.1. The van der Waals surface area contributed by atoms with Crippen LogP contribution in [0.1, 0.15) is 36.1 Å². The van der Waals surface area contributed by atoms with Crippen LogP contribution in [0, 0.1) is 5.82 Å². The zero-order valence-electron chi connectivity index (χ0n) is 19.2. The van der Waals surface area contributed by atoms with E-state index in [9.17, 15) is 12.8 Å². The summed E-state index contributed by atoms with van der Waals surface area (Å²) in [6.45, 7) is 7.41. The molecule has 0 atom stereocenters. The first-order valence-corrected chi connectivity index (χ1v) is 12.5. The molecule has 2 aromatic carbocycles. The minimum absolute atomic E-state index is 0. The van der Waals surface area contributed by atoms with Crippen molar-refractivity contribution < 1.29 is 12.8 Å². The maximum atomic E-state index is 13.7. The molecule has 178 valence electrons. The van der Waals surface area contributed by atoms with E-state index < -0.39 is 15.7 Å². The van der Waals surface area contributed by atoms with Gasteiger partial charge in [0.15, 0.2) is 15.8 Å². The molecule has 0 aliphatic heterocycles. The second kappa shape index (κ2) is 13.7. The van der Waals surface area contributed by atoms with Gasteiger partial charge in [-0.25, -0.2) is 17.8 Å². The third-order valence-corrected chi connectivity index (χ3v) is 5.62. The number of halogens is 2. The van der Waals surface area contributed by atoms with Crippen molar-refractivity contribution in [1.82, 2.24) is 15.5 Å². The summed E-state index contributed by atoms with van der Waals surface area (Å²) in [5, 5.41) is 6.37. The van der Waals surface area contributed by atoms with E-state index in [0.717, 1.165) is 18.7 Å². The van der Waals surface area contributed by atoms with Crippen LogP contribution in [0.2, 0.25) is 0 Å². The summed E-state index contributed by atoms with van der Waals surface area (Å²) in [4.78, 5) is 6.87. The normalized spacial score (nSPS) is 11.9. The number of benzene rings is 2. The Morgan fingerprint density at radius 2 is 1.78 bits per heavy atom. The number of nitrogens with zero attached hydrogens (tertiary/aromatic N) is 2. The summed E-state index contributed by atoms with van der Waals surface area (Å²) in [5.74, 6) is 0.0646. The van der Waals surface area contributed by atoms with Crippen LogP contribution in [0.4, 0.5) is 4.39 Å². The first kappa shape index (κ1) is 28.3. The fourth-order valence-corrected chi connectivity index (χ4v) is 3.97. The molecule has 0 heterocycles. The number of sulfone groups is 1. The van der Waals surface area contributed by atoms with Gasteiger partial charge in [-0.15, -0.1) is 24.0 Å². The molecule has 2 N–H and O–H groups in total. The van der Waals surface area contributed by atoms with Gasteiger partial charge in [-0.2, -0.15) is 0 Å². The molecule has 0 aromatic heterocycles. The molecule has 2 rings (SSSR count). The molecule has 0 radical (unpaired) electrons. The van der Waals surface area contributed by atoms with Crippen molar-refractivity contribution in [1.29, 1.82) is 0 Å². The fourth-order valence-electron chi connectivity index (χ4n) is 3.12. The van der Waals surface area contributed by atoms with Crippen LogP contribution in [0.25, 0.3) is 0 Å². The predicted octanol–water partition coefficient (Wildman–Crippen LogP) is 3.70. The largest absolute Gasteiger partial charge is 0.357 e. The number of hydrogen-bond donors (Lipinski definition) is 2. The van der Waals surface area contributed by atoms with Crippen LogP contribution < -0.4 is 10.6 Å². The Morgan fingerprint density at radius 3 is 2.44 bits per heavy atom. The van der Waals surface area contributed by atoms with Crippen molar-refractivity contribution in [3.05, 3.63) is 70.5 Å². The molecule has 0 bridgehead atoms. The van der Waals surface area contributed by atoms with E-state index in [0.29, 0.717) is 30.2 Å². The van der Waals surface area contributed by atoms with E-state index in [2.05, 4.69) is 46.6 Å². The standard InChI is InChI=1S/C23H33FN4O2S.HI/c1-5-25-23(26-14-18-8-7-9-19(12-18)16-28(3)6-2)27-15-21-13-22(24)11-10-20(21)17-31(4,29)30;/h7-13H,5-6,14-17H2,1-4H3,(H2,25,26,27);1H. The second-order valence-corrected chi connectivity index (χ2v) is 9.82. The Morgan fingerprint density at radius 1 is 1.06 bits per heavy atom. The van der Waals surface area contributed by atoms with Crippen molar-refractivity contribution in [2.75, 3.05) is 26.4 Å². The topological polar surface area (TPSA) is 73.8 Å².